The van der Waals surface area contributed by atoms with Gasteiger partial charge in [-0.05, 0) is 46.0 Å². The molecule has 246 valence electrons. The molecular formula is C30H41F4N3O7. The van der Waals surface area contributed by atoms with Crippen LogP contribution in [0.1, 0.15) is 72.1 Å². The number of rotatable bonds is 11. The van der Waals surface area contributed by atoms with E-state index in [1.807, 2.05) is 0 Å². The number of halogens is 4. The minimum atomic E-state index is -1.81. The van der Waals surface area contributed by atoms with Crippen molar-refractivity contribution in [3.63, 3.8) is 0 Å². The van der Waals surface area contributed by atoms with Crippen LogP contribution in [-0.4, -0.2) is 77.7 Å². The molecule has 1 saturated heterocycles. The Labute approximate surface area is 253 Å². The maximum Gasteiger partial charge on any atom is 0.311 e. The molecule has 1 aliphatic carbocycles. The number of carbonyl (C=O) groups is 4. The molecule has 1 aromatic rings. The minimum Gasteiger partial charge on any atom is -0.485 e. The highest BCUT2D eigenvalue weighted by Gasteiger charge is 2.34. The summed E-state index contributed by atoms with van der Waals surface area (Å²) in [5.74, 6) is -11.3. The van der Waals surface area contributed by atoms with Crippen molar-refractivity contribution in [3.05, 3.63) is 29.3 Å². The lowest BCUT2D eigenvalue weighted by Crippen LogP contribution is -2.52. The number of piperidine rings is 1. The molecular weight excluding hydrogens is 590 g/mol. The fraction of sp³-hybridized carbons (Fsp3) is 0.667. The number of ether oxygens (including phenoxy) is 2. The van der Waals surface area contributed by atoms with Crippen molar-refractivity contribution >= 4 is 23.7 Å². The maximum absolute atomic E-state index is 14.0. The Morgan fingerprint density at radius 3 is 2.16 bits per heavy atom. The van der Waals surface area contributed by atoms with Crippen molar-refractivity contribution in [2.45, 2.75) is 89.9 Å². The van der Waals surface area contributed by atoms with Crippen LogP contribution >= 0.6 is 0 Å². The molecule has 44 heavy (non-hydrogen) atoms. The molecule has 3 amide bonds. The molecule has 0 bridgehead atoms. The first-order valence-corrected chi connectivity index (χ1v) is 14.9. The molecule has 10 nitrogen and oxygen atoms in total. The van der Waals surface area contributed by atoms with Gasteiger partial charge in [-0.3, -0.25) is 19.2 Å². The highest BCUT2D eigenvalue weighted by Crippen LogP contribution is 2.28. The lowest BCUT2D eigenvalue weighted by Gasteiger charge is -2.32. The normalized spacial score (nSPS) is 17.6. The molecule has 1 unspecified atom stereocenters. The van der Waals surface area contributed by atoms with Gasteiger partial charge in [-0.25, -0.2) is 8.78 Å². The molecule has 1 saturated carbocycles. The number of carbonyl (C=O) groups excluding carboxylic acids is 4. The maximum atomic E-state index is 14.0. The van der Waals surface area contributed by atoms with Crippen LogP contribution in [0.5, 0.6) is 5.75 Å². The molecule has 1 heterocycles. The first-order chi connectivity index (χ1) is 20.7. The van der Waals surface area contributed by atoms with Crippen LogP contribution in [0.15, 0.2) is 6.07 Å². The Kier molecular flexibility index (Phi) is 12.4. The third kappa shape index (κ3) is 10.1. The van der Waals surface area contributed by atoms with E-state index in [2.05, 4.69) is 10.6 Å². The van der Waals surface area contributed by atoms with E-state index in [0.717, 1.165) is 19.3 Å². The summed E-state index contributed by atoms with van der Waals surface area (Å²) in [6.07, 6.45) is 3.52. The van der Waals surface area contributed by atoms with Gasteiger partial charge in [0.25, 0.3) is 0 Å². The van der Waals surface area contributed by atoms with Gasteiger partial charge in [0.05, 0.1) is 12.5 Å². The van der Waals surface area contributed by atoms with Crippen molar-refractivity contribution in [1.82, 2.24) is 15.5 Å². The second kappa shape index (κ2) is 15.5. The van der Waals surface area contributed by atoms with E-state index in [1.54, 1.807) is 20.8 Å². The zero-order chi connectivity index (χ0) is 32.6. The SMILES string of the molecule is CC(C)(C)OC(=O)C[C@H](NC(=O)C1CCN(C(=O)C(=O)NCCC2CCCC2)CC1)C(O)COc1c(F)c(F)cc(F)c1F. The van der Waals surface area contributed by atoms with Crippen molar-refractivity contribution in [1.29, 1.82) is 0 Å². The van der Waals surface area contributed by atoms with Crippen LogP contribution in [0.4, 0.5) is 17.6 Å². The first kappa shape index (κ1) is 35.1. The number of amides is 3. The monoisotopic (exact) mass is 631 g/mol. The van der Waals surface area contributed by atoms with Gasteiger partial charge in [0.15, 0.2) is 17.4 Å². The van der Waals surface area contributed by atoms with Gasteiger partial charge in [0.2, 0.25) is 17.5 Å². The second-order valence-electron chi connectivity index (χ2n) is 12.3. The van der Waals surface area contributed by atoms with Crippen LogP contribution in [0, 0.1) is 35.1 Å². The third-order valence-electron chi connectivity index (χ3n) is 7.73. The van der Waals surface area contributed by atoms with E-state index in [0.29, 0.717) is 12.5 Å². The summed E-state index contributed by atoms with van der Waals surface area (Å²) in [6, 6.07) is -1.37. The van der Waals surface area contributed by atoms with Gasteiger partial charge in [-0.15, -0.1) is 0 Å². The van der Waals surface area contributed by atoms with Gasteiger partial charge in [-0.1, -0.05) is 25.7 Å². The predicted molar refractivity (Wildman–Crippen MR) is 149 cm³/mol. The Morgan fingerprint density at radius 2 is 1.59 bits per heavy atom. The second-order valence-corrected chi connectivity index (χ2v) is 12.3. The third-order valence-corrected chi connectivity index (χ3v) is 7.73. The number of hydrogen-bond acceptors (Lipinski definition) is 7. The molecule has 3 N–H and O–H groups in total. The summed E-state index contributed by atoms with van der Waals surface area (Å²) in [5, 5.41) is 15.9. The molecule has 1 aromatic carbocycles. The average Bonchev–Trinajstić information content (AvgIpc) is 3.48. The minimum absolute atomic E-state index is 0.00201. The van der Waals surface area contributed by atoms with E-state index < -0.39 is 89.4 Å². The number of hydrogen-bond donors (Lipinski definition) is 3. The number of esters is 1. The highest BCUT2D eigenvalue weighted by atomic mass is 19.2. The van der Waals surface area contributed by atoms with Crippen molar-refractivity contribution in [2.24, 2.45) is 11.8 Å². The van der Waals surface area contributed by atoms with E-state index in [1.165, 1.54) is 17.7 Å². The fourth-order valence-electron chi connectivity index (χ4n) is 5.36. The van der Waals surface area contributed by atoms with E-state index in [-0.39, 0.29) is 32.0 Å². The number of nitrogens with one attached hydrogen (secondary N) is 2. The van der Waals surface area contributed by atoms with Crippen LogP contribution < -0.4 is 15.4 Å². The lowest BCUT2D eigenvalue weighted by molar-refractivity contribution is -0.156. The quantitative estimate of drug-likeness (QED) is 0.148. The van der Waals surface area contributed by atoms with Gasteiger partial charge in [0.1, 0.15) is 18.3 Å². The predicted octanol–water partition coefficient (Wildman–Crippen LogP) is 3.13. The molecule has 14 heteroatoms. The summed E-state index contributed by atoms with van der Waals surface area (Å²) in [4.78, 5) is 51.9. The summed E-state index contributed by atoms with van der Waals surface area (Å²) in [7, 11) is 0. The Bertz CT molecular complexity index is 1170. The Morgan fingerprint density at radius 1 is 1.00 bits per heavy atom. The number of nitrogens with zero attached hydrogens (tertiary/aromatic N) is 1. The summed E-state index contributed by atoms with van der Waals surface area (Å²) < 4.78 is 65.2. The van der Waals surface area contributed by atoms with E-state index in [9.17, 15) is 41.8 Å². The molecule has 3 rings (SSSR count). The molecule has 2 aliphatic rings. The average molecular weight is 632 g/mol. The largest absolute Gasteiger partial charge is 0.485 e. The standard InChI is InChI=1S/C30H41F4N3O7/c1-30(2,3)44-23(39)15-21(22(38)16-43-26-24(33)19(31)14-20(32)25(26)34)36-27(40)18-9-12-37(13-10-18)29(42)28(41)35-11-8-17-6-4-5-7-17/h14,17-18,21-22,38H,4-13,15-16H2,1-3H3,(H,35,41)(H,36,40)/t21-,22?/m0/s1. The first-order valence-electron chi connectivity index (χ1n) is 14.9. The number of likely N-dealkylation sites (tertiary alicyclic amines) is 1. The number of aliphatic hydroxyl groups is 1. The molecule has 0 radical (unpaired) electrons. The number of benzene rings is 1. The van der Waals surface area contributed by atoms with Gasteiger partial charge < -0.3 is 30.1 Å². The smallest absolute Gasteiger partial charge is 0.311 e. The summed E-state index contributed by atoms with van der Waals surface area (Å²) in [6.45, 7) is 4.55. The van der Waals surface area contributed by atoms with Crippen LogP contribution in [0.2, 0.25) is 0 Å². The van der Waals surface area contributed by atoms with Crippen molar-refractivity contribution in [2.75, 3.05) is 26.2 Å². The number of aliphatic hydroxyl groups excluding tert-OH is 1. The van der Waals surface area contributed by atoms with Crippen LogP contribution in [-0.2, 0) is 23.9 Å². The summed E-state index contributed by atoms with van der Waals surface area (Å²) in [5.41, 5.74) is -0.902. The van der Waals surface area contributed by atoms with Crippen molar-refractivity contribution in [3.8, 4) is 5.75 Å². The molecule has 1 aliphatic heterocycles. The van der Waals surface area contributed by atoms with Gasteiger partial charge in [0, 0.05) is 31.6 Å². The topological polar surface area (TPSA) is 134 Å². The Hall–Kier alpha value is -3.42. The molecule has 0 spiro atoms. The Balaban J connectivity index is 1.57. The van der Waals surface area contributed by atoms with Crippen LogP contribution in [0.3, 0.4) is 0 Å². The molecule has 0 aromatic heterocycles. The lowest BCUT2D eigenvalue weighted by atomic mass is 9.94. The van der Waals surface area contributed by atoms with E-state index in [4.69, 9.17) is 9.47 Å². The van der Waals surface area contributed by atoms with Crippen LogP contribution in [0.25, 0.3) is 0 Å². The summed E-state index contributed by atoms with van der Waals surface area (Å²) >= 11 is 0. The zero-order valence-electron chi connectivity index (χ0n) is 25.2. The van der Waals surface area contributed by atoms with Gasteiger partial charge >= 0.3 is 17.8 Å². The van der Waals surface area contributed by atoms with Gasteiger partial charge in [-0.2, -0.15) is 8.78 Å². The highest BCUT2D eigenvalue weighted by molar-refractivity contribution is 6.35. The van der Waals surface area contributed by atoms with E-state index >= 15 is 0 Å². The molecule has 2 fully saturated rings. The molecule has 2 atom stereocenters. The zero-order valence-corrected chi connectivity index (χ0v) is 25.2. The fourth-order valence-corrected chi connectivity index (χ4v) is 5.36. The van der Waals surface area contributed by atoms with Crippen molar-refractivity contribution < 1.29 is 51.3 Å².